The maximum atomic E-state index is 6.29. The molecule has 0 aromatic heterocycles. The lowest BCUT2D eigenvalue weighted by molar-refractivity contribution is 0.167. The summed E-state index contributed by atoms with van der Waals surface area (Å²) in [5.74, 6) is 2.20. The normalized spacial score (nSPS) is 19.2. The molecule has 24 heavy (non-hydrogen) atoms. The highest BCUT2D eigenvalue weighted by Crippen LogP contribution is 2.45. The van der Waals surface area contributed by atoms with Crippen LogP contribution in [0.3, 0.4) is 0 Å². The molecule has 1 aliphatic heterocycles. The largest absolute Gasteiger partial charge is 0.497 e. The lowest BCUT2D eigenvalue weighted by Gasteiger charge is -2.33. The summed E-state index contributed by atoms with van der Waals surface area (Å²) in [6.07, 6.45) is 1.01. The second kappa shape index (κ2) is 6.40. The van der Waals surface area contributed by atoms with Gasteiger partial charge in [-0.25, -0.2) is 0 Å². The molecule has 0 fully saturated rings. The van der Waals surface area contributed by atoms with E-state index < -0.39 is 0 Å². The van der Waals surface area contributed by atoms with Crippen molar-refractivity contribution in [1.29, 1.82) is 0 Å². The third kappa shape index (κ3) is 2.76. The Labute approximate surface area is 142 Å². The van der Waals surface area contributed by atoms with Gasteiger partial charge >= 0.3 is 0 Å². The summed E-state index contributed by atoms with van der Waals surface area (Å²) in [7, 11) is 1.70. The van der Waals surface area contributed by atoms with Crippen LogP contribution in [-0.4, -0.2) is 7.11 Å². The van der Waals surface area contributed by atoms with Crippen molar-refractivity contribution in [3.63, 3.8) is 0 Å². The van der Waals surface area contributed by atoms with Crippen molar-refractivity contribution in [3.05, 3.63) is 95.6 Å². The molecule has 1 heterocycles. The molecule has 2 heteroatoms. The van der Waals surface area contributed by atoms with Crippen LogP contribution in [0.15, 0.2) is 78.9 Å². The second-order valence-electron chi connectivity index (χ2n) is 6.12. The molecule has 0 amide bonds. The molecule has 120 valence electrons. The fourth-order valence-electron chi connectivity index (χ4n) is 3.44. The molecule has 0 N–H and O–H groups in total. The SMILES string of the molecule is COc1ccc([C@@H]2C[C@H](c3ccccc3)Oc3ccccc32)cc1. The Morgan fingerprint density at radius 1 is 0.792 bits per heavy atom. The Balaban J connectivity index is 1.73. The molecule has 0 saturated heterocycles. The first kappa shape index (κ1) is 14.8. The quantitative estimate of drug-likeness (QED) is 0.648. The molecule has 3 aromatic carbocycles. The van der Waals surface area contributed by atoms with Crippen molar-refractivity contribution in [2.24, 2.45) is 0 Å². The van der Waals surface area contributed by atoms with Crippen LogP contribution >= 0.6 is 0 Å². The highest BCUT2D eigenvalue weighted by molar-refractivity contribution is 5.45. The minimum absolute atomic E-state index is 0.0770. The van der Waals surface area contributed by atoms with E-state index in [1.54, 1.807) is 7.11 Å². The van der Waals surface area contributed by atoms with Crippen molar-refractivity contribution < 1.29 is 9.47 Å². The van der Waals surface area contributed by atoms with Gasteiger partial charge in [0.1, 0.15) is 17.6 Å². The van der Waals surface area contributed by atoms with Crippen LogP contribution in [0.25, 0.3) is 0 Å². The summed E-state index contributed by atoms with van der Waals surface area (Å²) in [5.41, 5.74) is 3.79. The predicted molar refractivity (Wildman–Crippen MR) is 95.7 cm³/mol. The number of rotatable bonds is 3. The van der Waals surface area contributed by atoms with Crippen molar-refractivity contribution in [2.75, 3.05) is 7.11 Å². The molecule has 0 spiro atoms. The fraction of sp³-hybridized carbons (Fsp3) is 0.182. The van der Waals surface area contributed by atoms with E-state index in [1.807, 2.05) is 24.3 Å². The summed E-state index contributed by atoms with van der Waals surface area (Å²) < 4.78 is 11.6. The molecule has 0 saturated carbocycles. The summed E-state index contributed by atoms with van der Waals surface area (Å²) in [4.78, 5) is 0. The third-order valence-corrected chi connectivity index (χ3v) is 4.70. The molecule has 4 rings (SSSR count). The number of para-hydroxylation sites is 1. The zero-order chi connectivity index (χ0) is 16.4. The molecule has 2 atom stereocenters. The molecular weight excluding hydrogens is 296 g/mol. The van der Waals surface area contributed by atoms with Gasteiger partial charge in [0.2, 0.25) is 0 Å². The second-order valence-corrected chi connectivity index (χ2v) is 6.12. The van der Waals surface area contributed by atoms with Crippen molar-refractivity contribution in [1.82, 2.24) is 0 Å². The van der Waals surface area contributed by atoms with Crippen LogP contribution in [0.2, 0.25) is 0 Å². The Morgan fingerprint density at radius 2 is 1.50 bits per heavy atom. The van der Waals surface area contributed by atoms with Crippen molar-refractivity contribution in [3.8, 4) is 11.5 Å². The van der Waals surface area contributed by atoms with Crippen molar-refractivity contribution in [2.45, 2.75) is 18.4 Å². The fourth-order valence-corrected chi connectivity index (χ4v) is 3.44. The highest BCUT2D eigenvalue weighted by atomic mass is 16.5. The van der Waals surface area contributed by atoms with Crippen LogP contribution in [-0.2, 0) is 0 Å². The van der Waals surface area contributed by atoms with E-state index in [0.717, 1.165) is 17.9 Å². The molecule has 2 nitrogen and oxygen atoms in total. The average Bonchev–Trinajstić information content (AvgIpc) is 2.68. The molecule has 1 aliphatic rings. The molecule has 0 aliphatic carbocycles. The van der Waals surface area contributed by atoms with Gasteiger partial charge in [-0.1, -0.05) is 60.7 Å². The molecule has 0 unspecified atom stereocenters. The van der Waals surface area contributed by atoms with Gasteiger partial charge in [0, 0.05) is 11.5 Å². The monoisotopic (exact) mass is 316 g/mol. The topological polar surface area (TPSA) is 18.5 Å². The maximum Gasteiger partial charge on any atom is 0.125 e. The maximum absolute atomic E-state index is 6.29. The van der Waals surface area contributed by atoms with E-state index in [2.05, 4.69) is 54.6 Å². The van der Waals surface area contributed by atoms with E-state index in [9.17, 15) is 0 Å². The third-order valence-electron chi connectivity index (χ3n) is 4.70. The Kier molecular flexibility index (Phi) is 3.96. The predicted octanol–water partition coefficient (Wildman–Crippen LogP) is 5.35. The van der Waals surface area contributed by atoms with E-state index in [1.165, 1.54) is 16.7 Å². The summed E-state index contributed by atoms with van der Waals surface area (Å²) >= 11 is 0. The van der Waals surface area contributed by atoms with E-state index in [-0.39, 0.29) is 6.10 Å². The van der Waals surface area contributed by atoms with Crippen LogP contribution < -0.4 is 9.47 Å². The zero-order valence-corrected chi connectivity index (χ0v) is 13.7. The van der Waals surface area contributed by atoms with Crippen LogP contribution in [0.5, 0.6) is 11.5 Å². The van der Waals surface area contributed by atoms with Crippen LogP contribution in [0, 0.1) is 0 Å². The molecule has 0 radical (unpaired) electrons. The van der Waals surface area contributed by atoms with Gasteiger partial charge in [0.05, 0.1) is 7.11 Å². The van der Waals surface area contributed by atoms with Gasteiger partial charge in [0.15, 0.2) is 0 Å². The van der Waals surface area contributed by atoms with Gasteiger partial charge in [0.25, 0.3) is 0 Å². The van der Waals surface area contributed by atoms with Gasteiger partial charge in [-0.05, 0) is 35.7 Å². The first-order chi connectivity index (χ1) is 11.8. The van der Waals surface area contributed by atoms with Gasteiger partial charge < -0.3 is 9.47 Å². The number of hydrogen-bond donors (Lipinski definition) is 0. The summed E-state index contributed by atoms with van der Waals surface area (Å²) in [5, 5.41) is 0. The van der Waals surface area contributed by atoms with Crippen molar-refractivity contribution >= 4 is 0 Å². The minimum Gasteiger partial charge on any atom is -0.497 e. The summed E-state index contributed by atoms with van der Waals surface area (Å²) in [6, 6.07) is 27.2. The first-order valence-corrected chi connectivity index (χ1v) is 8.29. The molecule has 0 bridgehead atoms. The van der Waals surface area contributed by atoms with E-state index >= 15 is 0 Å². The standard InChI is InChI=1S/C22H20O2/c1-23-18-13-11-16(12-14-18)20-15-22(17-7-3-2-4-8-17)24-21-10-6-5-9-19(20)21/h2-14,20,22H,15H2,1H3/t20-,22+/m0/s1. The number of ether oxygens (including phenoxy) is 2. The number of methoxy groups -OCH3 is 1. The Morgan fingerprint density at radius 3 is 2.25 bits per heavy atom. The first-order valence-electron chi connectivity index (χ1n) is 8.29. The zero-order valence-electron chi connectivity index (χ0n) is 13.7. The van der Waals surface area contributed by atoms with E-state index in [0.29, 0.717) is 5.92 Å². The van der Waals surface area contributed by atoms with Gasteiger partial charge in [-0.15, -0.1) is 0 Å². The minimum atomic E-state index is 0.0770. The van der Waals surface area contributed by atoms with Crippen LogP contribution in [0.1, 0.15) is 35.1 Å². The Bertz CT molecular complexity index is 809. The lowest BCUT2D eigenvalue weighted by atomic mass is 9.82. The van der Waals surface area contributed by atoms with E-state index in [4.69, 9.17) is 9.47 Å². The average molecular weight is 316 g/mol. The van der Waals surface area contributed by atoms with Gasteiger partial charge in [-0.2, -0.15) is 0 Å². The highest BCUT2D eigenvalue weighted by Gasteiger charge is 2.30. The molecular formula is C22H20O2. The van der Waals surface area contributed by atoms with Gasteiger partial charge in [-0.3, -0.25) is 0 Å². The summed E-state index contributed by atoms with van der Waals surface area (Å²) in [6.45, 7) is 0. The number of fused-ring (bicyclic) bond motifs is 1. The number of benzene rings is 3. The lowest BCUT2D eigenvalue weighted by Crippen LogP contribution is -2.19. The Hall–Kier alpha value is -2.74. The van der Waals surface area contributed by atoms with Crippen LogP contribution in [0.4, 0.5) is 0 Å². The molecule has 3 aromatic rings. The number of hydrogen-bond acceptors (Lipinski definition) is 2. The smallest absolute Gasteiger partial charge is 0.125 e.